The van der Waals surface area contributed by atoms with Crippen molar-refractivity contribution < 1.29 is 4.42 Å². The Balaban J connectivity index is 2.24. The summed E-state index contributed by atoms with van der Waals surface area (Å²) in [4.78, 5) is 4.35. The summed E-state index contributed by atoms with van der Waals surface area (Å²) in [6.45, 7) is 4.34. The van der Waals surface area contributed by atoms with E-state index in [4.69, 9.17) is 4.42 Å². The molecule has 2 heterocycles. The number of oxazole rings is 1. The number of hydrogen-bond donors (Lipinski definition) is 0. The second kappa shape index (κ2) is 4.62. The normalized spacial score (nSPS) is 11.1. The Bertz CT molecular complexity index is 401. The van der Waals surface area contributed by atoms with Gasteiger partial charge in [0.2, 0.25) is 0 Å². The average Bonchev–Trinajstić information content (AvgIpc) is 2.89. The van der Waals surface area contributed by atoms with Crippen molar-refractivity contribution >= 4 is 11.3 Å². The Morgan fingerprint density at radius 2 is 2.20 bits per heavy atom. The van der Waals surface area contributed by atoms with Crippen LogP contribution in [0, 0.1) is 0 Å². The number of nitrogens with zero attached hydrogens (tertiary/aromatic N) is 1. The minimum absolute atomic E-state index is 0.456. The van der Waals surface area contributed by atoms with E-state index in [9.17, 15) is 0 Å². The smallest absolute Gasteiger partial charge is 0.197 e. The van der Waals surface area contributed by atoms with Gasteiger partial charge in [-0.05, 0) is 24.3 Å². The van der Waals surface area contributed by atoms with Gasteiger partial charge in [-0.2, -0.15) is 11.3 Å². The van der Waals surface area contributed by atoms with Crippen LogP contribution in [0.15, 0.2) is 27.4 Å². The number of hydrogen-bond acceptors (Lipinski definition) is 3. The summed E-state index contributed by atoms with van der Waals surface area (Å²) < 4.78 is 5.77. The molecule has 0 N–H and O–H groups in total. The second-order valence-corrected chi connectivity index (χ2v) is 4.37. The number of aromatic nitrogens is 1. The van der Waals surface area contributed by atoms with E-state index in [2.05, 4.69) is 35.7 Å². The largest absolute Gasteiger partial charge is 0.440 e. The summed E-state index contributed by atoms with van der Waals surface area (Å²) in [6.07, 6.45) is 4.00. The minimum Gasteiger partial charge on any atom is -0.440 e. The van der Waals surface area contributed by atoms with Crippen molar-refractivity contribution in [1.82, 2.24) is 4.98 Å². The predicted octanol–water partition coefficient (Wildman–Crippen LogP) is 4.31. The molecule has 0 aliphatic heterocycles. The fourth-order valence-corrected chi connectivity index (χ4v) is 2.30. The van der Waals surface area contributed by atoms with Crippen molar-refractivity contribution in [2.45, 2.75) is 32.6 Å². The molecular formula is C12H15NOS. The highest BCUT2D eigenvalue weighted by atomic mass is 32.1. The molecule has 0 amide bonds. The lowest BCUT2D eigenvalue weighted by Gasteiger charge is -2.05. The maximum atomic E-state index is 5.77. The average molecular weight is 221 g/mol. The van der Waals surface area contributed by atoms with Crippen LogP contribution in [0.2, 0.25) is 0 Å². The van der Waals surface area contributed by atoms with Gasteiger partial charge in [-0.15, -0.1) is 0 Å². The van der Waals surface area contributed by atoms with Gasteiger partial charge in [-0.1, -0.05) is 13.8 Å². The second-order valence-electron chi connectivity index (χ2n) is 3.59. The Morgan fingerprint density at radius 1 is 1.40 bits per heavy atom. The number of rotatable bonds is 4. The summed E-state index contributed by atoms with van der Waals surface area (Å²) in [7, 11) is 0. The van der Waals surface area contributed by atoms with Crippen molar-refractivity contribution in [1.29, 1.82) is 0 Å². The molecule has 3 heteroatoms. The van der Waals surface area contributed by atoms with Gasteiger partial charge in [0.15, 0.2) is 11.7 Å². The van der Waals surface area contributed by atoms with Gasteiger partial charge >= 0.3 is 0 Å². The lowest BCUT2D eigenvalue weighted by atomic mass is 10.0. The summed E-state index contributed by atoms with van der Waals surface area (Å²) >= 11 is 1.68. The zero-order valence-corrected chi connectivity index (χ0v) is 9.88. The van der Waals surface area contributed by atoms with Gasteiger partial charge in [0.25, 0.3) is 0 Å². The van der Waals surface area contributed by atoms with E-state index in [1.807, 2.05) is 6.20 Å². The molecule has 0 radical (unpaired) electrons. The van der Waals surface area contributed by atoms with Crippen molar-refractivity contribution in [3.05, 3.63) is 28.9 Å². The van der Waals surface area contributed by atoms with Gasteiger partial charge in [-0.25, -0.2) is 4.98 Å². The van der Waals surface area contributed by atoms with Crippen LogP contribution in [-0.2, 0) is 0 Å². The van der Waals surface area contributed by atoms with E-state index < -0.39 is 0 Å². The molecule has 2 aromatic heterocycles. The molecule has 0 aliphatic carbocycles. The lowest BCUT2D eigenvalue weighted by molar-refractivity contribution is 0.439. The van der Waals surface area contributed by atoms with E-state index in [0.29, 0.717) is 5.92 Å². The molecule has 2 nitrogen and oxygen atoms in total. The first kappa shape index (κ1) is 10.4. The third-order valence-electron chi connectivity index (χ3n) is 2.66. The van der Waals surface area contributed by atoms with Crippen LogP contribution in [0.5, 0.6) is 0 Å². The van der Waals surface area contributed by atoms with Crippen molar-refractivity contribution in [3.8, 4) is 11.3 Å². The zero-order valence-electron chi connectivity index (χ0n) is 9.06. The number of thiophene rings is 1. The fraction of sp³-hybridized carbons (Fsp3) is 0.417. The van der Waals surface area contributed by atoms with Crippen LogP contribution in [0.4, 0.5) is 0 Å². The first-order chi connectivity index (χ1) is 7.35. The van der Waals surface area contributed by atoms with E-state index in [1.54, 1.807) is 11.3 Å². The molecule has 0 unspecified atom stereocenters. The minimum atomic E-state index is 0.456. The summed E-state index contributed by atoms with van der Waals surface area (Å²) in [5, 5.41) is 4.13. The van der Waals surface area contributed by atoms with Crippen LogP contribution in [0.3, 0.4) is 0 Å². The Morgan fingerprint density at radius 3 is 2.80 bits per heavy atom. The highest BCUT2D eigenvalue weighted by molar-refractivity contribution is 7.08. The van der Waals surface area contributed by atoms with E-state index in [0.717, 1.165) is 30.1 Å². The van der Waals surface area contributed by atoms with Crippen LogP contribution >= 0.6 is 11.3 Å². The SMILES string of the molecule is CCC(CC)c1ncc(-c2ccsc2)o1. The van der Waals surface area contributed by atoms with E-state index in [1.165, 1.54) is 0 Å². The van der Waals surface area contributed by atoms with E-state index >= 15 is 0 Å². The van der Waals surface area contributed by atoms with Crippen LogP contribution < -0.4 is 0 Å². The topological polar surface area (TPSA) is 26.0 Å². The quantitative estimate of drug-likeness (QED) is 0.769. The molecule has 0 bridgehead atoms. The Labute approximate surface area is 94.0 Å². The predicted molar refractivity (Wildman–Crippen MR) is 63.1 cm³/mol. The molecule has 0 spiro atoms. The van der Waals surface area contributed by atoms with Gasteiger partial charge < -0.3 is 4.42 Å². The summed E-state index contributed by atoms with van der Waals surface area (Å²) in [5.74, 6) is 2.22. The molecule has 2 rings (SSSR count). The first-order valence-electron chi connectivity index (χ1n) is 5.33. The highest BCUT2D eigenvalue weighted by Crippen LogP contribution is 2.28. The molecule has 80 valence electrons. The zero-order chi connectivity index (χ0) is 10.7. The third-order valence-corrected chi connectivity index (χ3v) is 3.35. The van der Waals surface area contributed by atoms with Gasteiger partial charge in [0.05, 0.1) is 6.20 Å². The van der Waals surface area contributed by atoms with Gasteiger partial charge in [-0.3, -0.25) is 0 Å². The third kappa shape index (κ3) is 2.12. The molecule has 0 aliphatic rings. The van der Waals surface area contributed by atoms with Crippen molar-refractivity contribution in [2.75, 3.05) is 0 Å². The fourth-order valence-electron chi connectivity index (χ4n) is 1.65. The van der Waals surface area contributed by atoms with Crippen molar-refractivity contribution in [2.24, 2.45) is 0 Å². The van der Waals surface area contributed by atoms with Crippen LogP contribution in [0.1, 0.15) is 38.5 Å². The standard InChI is InChI=1S/C12H15NOS/c1-3-9(4-2)12-13-7-11(14-12)10-5-6-15-8-10/h5-9H,3-4H2,1-2H3. The van der Waals surface area contributed by atoms with Crippen molar-refractivity contribution in [3.63, 3.8) is 0 Å². The molecular weight excluding hydrogens is 206 g/mol. The maximum absolute atomic E-state index is 5.77. The van der Waals surface area contributed by atoms with Gasteiger partial charge in [0.1, 0.15) is 0 Å². The Kier molecular flexibility index (Phi) is 3.21. The van der Waals surface area contributed by atoms with Crippen LogP contribution in [-0.4, -0.2) is 4.98 Å². The maximum Gasteiger partial charge on any atom is 0.197 e. The molecule has 15 heavy (non-hydrogen) atoms. The Hall–Kier alpha value is -1.09. The lowest BCUT2D eigenvalue weighted by Crippen LogP contribution is -1.94. The molecule has 0 fully saturated rings. The molecule has 0 saturated heterocycles. The van der Waals surface area contributed by atoms with Gasteiger partial charge in [0, 0.05) is 16.9 Å². The molecule has 0 aromatic carbocycles. The first-order valence-corrected chi connectivity index (χ1v) is 6.27. The summed E-state index contributed by atoms with van der Waals surface area (Å²) in [6, 6.07) is 2.06. The monoisotopic (exact) mass is 221 g/mol. The molecule has 0 atom stereocenters. The van der Waals surface area contributed by atoms with Crippen LogP contribution in [0.25, 0.3) is 11.3 Å². The van der Waals surface area contributed by atoms with E-state index in [-0.39, 0.29) is 0 Å². The highest BCUT2D eigenvalue weighted by Gasteiger charge is 2.14. The summed E-state index contributed by atoms with van der Waals surface area (Å²) in [5.41, 5.74) is 1.13. The molecule has 0 saturated carbocycles. The molecule has 2 aromatic rings.